The number of likely N-dealkylation sites (N-methyl/N-ethyl adjacent to an activating group) is 1. The standard InChI is InChI=1S/C13H22BrN3O/c1-3-17(5-6-18-4-2)13(8-15)11-7-12(14)10-16-9-11/h7,9-10,13H,3-6,8,15H2,1-2H3. The molecule has 0 saturated heterocycles. The number of halogens is 1. The van der Waals surface area contributed by atoms with Gasteiger partial charge in [0.15, 0.2) is 0 Å². The molecule has 102 valence electrons. The van der Waals surface area contributed by atoms with Crippen molar-refractivity contribution in [3.63, 3.8) is 0 Å². The molecule has 1 heterocycles. The molecule has 0 aliphatic heterocycles. The third-order valence-electron chi connectivity index (χ3n) is 2.91. The van der Waals surface area contributed by atoms with Crippen molar-refractivity contribution in [2.45, 2.75) is 19.9 Å². The summed E-state index contributed by atoms with van der Waals surface area (Å²) in [5.41, 5.74) is 7.05. The Balaban J connectivity index is 2.73. The molecule has 0 aromatic carbocycles. The van der Waals surface area contributed by atoms with Crippen LogP contribution in [0.3, 0.4) is 0 Å². The average Bonchev–Trinajstić information content (AvgIpc) is 2.38. The molecule has 2 N–H and O–H groups in total. The van der Waals surface area contributed by atoms with Crippen LogP contribution in [0.1, 0.15) is 25.5 Å². The molecule has 1 unspecified atom stereocenters. The van der Waals surface area contributed by atoms with Gasteiger partial charge in [0, 0.05) is 42.6 Å². The predicted octanol–water partition coefficient (Wildman–Crippen LogP) is 2.20. The van der Waals surface area contributed by atoms with Crippen molar-refractivity contribution in [2.24, 2.45) is 5.73 Å². The smallest absolute Gasteiger partial charge is 0.0593 e. The quantitative estimate of drug-likeness (QED) is 0.747. The zero-order chi connectivity index (χ0) is 13.4. The van der Waals surface area contributed by atoms with E-state index in [-0.39, 0.29) is 6.04 Å². The Bertz CT molecular complexity index is 349. The van der Waals surface area contributed by atoms with Gasteiger partial charge in [0.05, 0.1) is 6.61 Å². The van der Waals surface area contributed by atoms with Crippen LogP contribution in [0.2, 0.25) is 0 Å². The molecule has 0 amide bonds. The lowest BCUT2D eigenvalue weighted by Crippen LogP contribution is -2.36. The molecule has 1 aromatic rings. The van der Waals surface area contributed by atoms with Crippen LogP contribution >= 0.6 is 15.9 Å². The summed E-state index contributed by atoms with van der Waals surface area (Å²) in [5, 5.41) is 0. The predicted molar refractivity (Wildman–Crippen MR) is 77.5 cm³/mol. The zero-order valence-corrected chi connectivity index (χ0v) is 12.7. The molecule has 4 nitrogen and oxygen atoms in total. The SMILES string of the molecule is CCOCCN(CC)C(CN)c1cncc(Br)c1. The summed E-state index contributed by atoms with van der Waals surface area (Å²) in [5.74, 6) is 0. The first-order valence-corrected chi connectivity index (χ1v) is 7.14. The molecule has 0 saturated carbocycles. The normalized spacial score (nSPS) is 12.9. The number of hydrogen-bond donors (Lipinski definition) is 1. The minimum absolute atomic E-state index is 0.195. The fraction of sp³-hybridized carbons (Fsp3) is 0.615. The van der Waals surface area contributed by atoms with Gasteiger partial charge in [-0.05, 0) is 41.0 Å². The summed E-state index contributed by atoms with van der Waals surface area (Å²) in [4.78, 5) is 6.52. The third-order valence-corrected chi connectivity index (χ3v) is 3.34. The van der Waals surface area contributed by atoms with Gasteiger partial charge in [0.1, 0.15) is 0 Å². The van der Waals surface area contributed by atoms with Crippen molar-refractivity contribution in [3.8, 4) is 0 Å². The summed E-state index contributed by atoms with van der Waals surface area (Å²) in [6, 6.07) is 2.27. The van der Waals surface area contributed by atoms with Gasteiger partial charge in [-0.1, -0.05) is 6.92 Å². The number of hydrogen-bond acceptors (Lipinski definition) is 4. The molecule has 0 aliphatic carbocycles. The van der Waals surface area contributed by atoms with E-state index in [1.807, 2.05) is 13.1 Å². The lowest BCUT2D eigenvalue weighted by molar-refractivity contribution is 0.0980. The van der Waals surface area contributed by atoms with Crippen LogP contribution in [0.15, 0.2) is 22.9 Å². The maximum Gasteiger partial charge on any atom is 0.0593 e. The largest absolute Gasteiger partial charge is 0.380 e. The van der Waals surface area contributed by atoms with Gasteiger partial charge in [0.25, 0.3) is 0 Å². The topological polar surface area (TPSA) is 51.4 Å². The van der Waals surface area contributed by atoms with Crippen LogP contribution in [-0.2, 0) is 4.74 Å². The van der Waals surface area contributed by atoms with Crippen LogP contribution in [0.25, 0.3) is 0 Å². The Morgan fingerprint density at radius 2 is 2.22 bits per heavy atom. The van der Waals surface area contributed by atoms with Gasteiger partial charge in [-0.25, -0.2) is 0 Å². The summed E-state index contributed by atoms with van der Waals surface area (Å²) < 4.78 is 6.40. The maximum atomic E-state index is 5.91. The van der Waals surface area contributed by atoms with E-state index >= 15 is 0 Å². The maximum absolute atomic E-state index is 5.91. The second-order valence-electron chi connectivity index (χ2n) is 4.01. The Morgan fingerprint density at radius 3 is 2.78 bits per heavy atom. The van der Waals surface area contributed by atoms with Gasteiger partial charge in [-0.2, -0.15) is 0 Å². The molecule has 5 heteroatoms. The van der Waals surface area contributed by atoms with Crippen molar-refractivity contribution in [1.29, 1.82) is 0 Å². The summed E-state index contributed by atoms with van der Waals surface area (Å²) in [7, 11) is 0. The Labute approximate surface area is 118 Å². The van der Waals surface area contributed by atoms with Gasteiger partial charge in [0.2, 0.25) is 0 Å². The lowest BCUT2D eigenvalue weighted by atomic mass is 10.1. The van der Waals surface area contributed by atoms with Crippen molar-refractivity contribution in [2.75, 3.05) is 32.8 Å². The van der Waals surface area contributed by atoms with E-state index in [0.717, 1.165) is 36.3 Å². The van der Waals surface area contributed by atoms with Crippen molar-refractivity contribution in [3.05, 3.63) is 28.5 Å². The van der Waals surface area contributed by atoms with Crippen molar-refractivity contribution >= 4 is 15.9 Å². The first-order valence-electron chi connectivity index (χ1n) is 6.35. The molecule has 0 aliphatic rings. The fourth-order valence-corrected chi connectivity index (χ4v) is 2.35. The summed E-state index contributed by atoms with van der Waals surface area (Å²) in [6.07, 6.45) is 3.67. The molecule has 0 bridgehead atoms. The highest BCUT2D eigenvalue weighted by Crippen LogP contribution is 2.21. The fourth-order valence-electron chi connectivity index (χ4n) is 1.97. The zero-order valence-electron chi connectivity index (χ0n) is 11.1. The van der Waals surface area contributed by atoms with Crippen LogP contribution in [0, 0.1) is 0 Å². The van der Waals surface area contributed by atoms with E-state index in [1.54, 1.807) is 6.20 Å². The summed E-state index contributed by atoms with van der Waals surface area (Å²) in [6.45, 7) is 8.05. The van der Waals surface area contributed by atoms with E-state index in [2.05, 4.69) is 38.8 Å². The Hall–Kier alpha value is -0.490. The number of rotatable bonds is 8. The van der Waals surface area contributed by atoms with Crippen LogP contribution in [0.4, 0.5) is 0 Å². The van der Waals surface area contributed by atoms with Gasteiger partial charge in [-0.3, -0.25) is 9.88 Å². The lowest BCUT2D eigenvalue weighted by Gasteiger charge is -2.29. The number of ether oxygens (including phenoxy) is 1. The number of pyridine rings is 1. The highest BCUT2D eigenvalue weighted by molar-refractivity contribution is 9.10. The van der Waals surface area contributed by atoms with E-state index in [1.165, 1.54) is 0 Å². The molecule has 18 heavy (non-hydrogen) atoms. The van der Waals surface area contributed by atoms with Crippen LogP contribution < -0.4 is 5.73 Å². The molecular formula is C13H22BrN3O. The van der Waals surface area contributed by atoms with E-state index in [0.29, 0.717) is 6.54 Å². The molecule has 1 aromatic heterocycles. The second-order valence-corrected chi connectivity index (χ2v) is 4.93. The molecule has 1 atom stereocenters. The minimum atomic E-state index is 0.195. The second kappa shape index (κ2) is 8.58. The Kier molecular flexibility index (Phi) is 7.42. The van der Waals surface area contributed by atoms with E-state index < -0.39 is 0 Å². The number of nitrogens with zero attached hydrogens (tertiary/aromatic N) is 2. The molecule has 0 radical (unpaired) electrons. The van der Waals surface area contributed by atoms with Gasteiger partial charge < -0.3 is 10.5 Å². The van der Waals surface area contributed by atoms with E-state index in [9.17, 15) is 0 Å². The van der Waals surface area contributed by atoms with Gasteiger partial charge in [-0.15, -0.1) is 0 Å². The van der Waals surface area contributed by atoms with Crippen molar-refractivity contribution < 1.29 is 4.74 Å². The average molecular weight is 316 g/mol. The highest BCUT2D eigenvalue weighted by Gasteiger charge is 2.17. The summed E-state index contributed by atoms with van der Waals surface area (Å²) >= 11 is 3.45. The monoisotopic (exact) mass is 315 g/mol. The minimum Gasteiger partial charge on any atom is -0.380 e. The molecule has 1 rings (SSSR count). The molecular weight excluding hydrogens is 294 g/mol. The third kappa shape index (κ3) is 4.65. The molecule has 0 spiro atoms. The number of aromatic nitrogens is 1. The molecule has 0 fully saturated rings. The van der Waals surface area contributed by atoms with E-state index in [4.69, 9.17) is 10.5 Å². The highest BCUT2D eigenvalue weighted by atomic mass is 79.9. The Morgan fingerprint density at radius 1 is 1.44 bits per heavy atom. The van der Waals surface area contributed by atoms with Crippen molar-refractivity contribution in [1.82, 2.24) is 9.88 Å². The van der Waals surface area contributed by atoms with Gasteiger partial charge >= 0.3 is 0 Å². The first-order chi connectivity index (χ1) is 8.72. The first kappa shape index (κ1) is 15.6. The van der Waals surface area contributed by atoms with Crippen LogP contribution in [-0.4, -0.2) is 42.7 Å². The van der Waals surface area contributed by atoms with Crippen LogP contribution in [0.5, 0.6) is 0 Å². The number of nitrogens with two attached hydrogens (primary N) is 1.